The van der Waals surface area contributed by atoms with Crippen molar-refractivity contribution in [3.8, 4) is 11.8 Å². The molecule has 6 nitrogen and oxygen atoms in total. The lowest BCUT2D eigenvalue weighted by atomic mass is 10.1. The second-order valence-electron chi connectivity index (χ2n) is 5.16. The van der Waals surface area contributed by atoms with Gasteiger partial charge in [-0.3, -0.25) is 14.4 Å². The fourth-order valence-electron chi connectivity index (χ4n) is 1.78. The molecule has 0 aliphatic carbocycles. The van der Waals surface area contributed by atoms with Crippen LogP contribution >= 0.6 is 0 Å². The van der Waals surface area contributed by atoms with Gasteiger partial charge in [-0.15, -0.1) is 0 Å². The Morgan fingerprint density at radius 1 is 1.12 bits per heavy atom. The molecule has 0 heterocycles. The van der Waals surface area contributed by atoms with E-state index in [1.54, 1.807) is 45.3 Å². The van der Waals surface area contributed by atoms with E-state index >= 15 is 0 Å². The number of benzene rings is 1. The maximum Gasteiger partial charge on any atom is 0.306 e. The molecular weight excluding hydrogens is 308 g/mol. The molecule has 0 fully saturated rings. The van der Waals surface area contributed by atoms with Crippen molar-refractivity contribution >= 4 is 17.8 Å². The van der Waals surface area contributed by atoms with Crippen LogP contribution in [0.25, 0.3) is 0 Å². The molecule has 0 aliphatic heterocycles. The highest BCUT2D eigenvalue weighted by Crippen LogP contribution is 2.05. The van der Waals surface area contributed by atoms with Gasteiger partial charge in [0.25, 0.3) is 5.91 Å². The molecule has 0 spiro atoms. The van der Waals surface area contributed by atoms with E-state index < -0.39 is 0 Å². The minimum absolute atomic E-state index is 0.0640. The summed E-state index contributed by atoms with van der Waals surface area (Å²) in [6.45, 7) is 2.22. The lowest BCUT2D eigenvalue weighted by molar-refractivity contribution is -0.144. The predicted molar refractivity (Wildman–Crippen MR) is 90.2 cm³/mol. The second kappa shape index (κ2) is 10.1. The lowest BCUT2D eigenvalue weighted by Crippen LogP contribution is -2.24. The first-order valence-corrected chi connectivity index (χ1v) is 7.67. The van der Waals surface area contributed by atoms with Crippen molar-refractivity contribution in [3.63, 3.8) is 0 Å². The van der Waals surface area contributed by atoms with Crippen LogP contribution < -0.4 is 5.32 Å². The molecule has 1 aromatic rings. The van der Waals surface area contributed by atoms with Crippen LogP contribution in [0.2, 0.25) is 0 Å². The van der Waals surface area contributed by atoms with Crippen LogP contribution in [-0.2, 0) is 14.3 Å². The fraction of sp³-hybridized carbons (Fsp3) is 0.389. The van der Waals surface area contributed by atoms with E-state index in [0.29, 0.717) is 12.2 Å². The summed E-state index contributed by atoms with van der Waals surface area (Å²) >= 11 is 0. The Labute approximate surface area is 142 Å². The summed E-state index contributed by atoms with van der Waals surface area (Å²) in [6.07, 6.45) is 0.149. The standard InChI is InChI=1S/C18H22N2O4/c1-4-24-17(22)12-11-16(21)19-13-5-6-14-7-9-15(10-8-14)18(23)20(2)3/h7-10H,4,11-13H2,1-3H3,(H,19,21). The van der Waals surface area contributed by atoms with Gasteiger partial charge in [-0.2, -0.15) is 0 Å². The van der Waals surface area contributed by atoms with E-state index in [-0.39, 0.29) is 37.2 Å². The summed E-state index contributed by atoms with van der Waals surface area (Å²) in [5, 5.41) is 2.61. The molecule has 24 heavy (non-hydrogen) atoms. The van der Waals surface area contributed by atoms with Gasteiger partial charge in [0.15, 0.2) is 0 Å². The zero-order chi connectivity index (χ0) is 17.9. The Hall–Kier alpha value is -2.81. The lowest BCUT2D eigenvalue weighted by Gasteiger charge is -2.09. The molecule has 0 saturated heterocycles. The summed E-state index contributed by atoms with van der Waals surface area (Å²) in [5.74, 6) is 5.03. The van der Waals surface area contributed by atoms with Gasteiger partial charge in [-0.05, 0) is 31.2 Å². The number of carbonyl (C=O) groups is 3. The van der Waals surface area contributed by atoms with Gasteiger partial charge in [0.1, 0.15) is 0 Å². The Balaban J connectivity index is 2.40. The zero-order valence-corrected chi connectivity index (χ0v) is 14.2. The molecule has 1 N–H and O–H groups in total. The molecule has 0 unspecified atom stereocenters. The van der Waals surface area contributed by atoms with Gasteiger partial charge in [0.05, 0.1) is 19.6 Å². The van der Waals surface area contributed by atoms with Gasteiger partial charge in [0.2, 0.25) is 5.91 Å². The number of hydrogen-bond acceptors (Lipinski definition) is 4. The molecule has 0 aromatic heterocycles. The quantitative estimate of drug-likeness (QED) is 0.628. The molecule has 0 atom stereocenters. The number of rotatable bonds is 6. The molecule has 2 amide bonds. The summed E-state index contributed by atoms with van der Waals surface area (Å²) in [4.78, 5) is 35.9. The number of nitrogens with one attached hydrogen (secondary N) is 1. The van der Waals surface area contributed by atoms with E-state index in [1.807, 2.05) is 0 Å². The smallest absolute Gasteiger partial charge is 0.306 e. The summed E-state index contributed by atoms with van der Waals surface area (Å²) in [6, 6.07) is 6.94. The van der Waals surface area contributed by atoms with Crippen LogP contribution in [-0.4, -0.2) is 49.9 Å². The molecule has 1 rings (SSSR count). The molecule has 128 valence electrons. The van der Waals surface area contributed by atoms with Crippen molar-refractivity contribution in [2.45, 2.75) is 19.8 Å². The van der Waals surface area contributed by atoms with Crippen molar-refractivity contribution in [3.05, 3.63) is 35.4 Å². The summed E-state index contributed by atoms with van der Waals surface area (Å²) < 4.78 is 4.74. The molecule has 0 radical (unpaired) electrons. The number of esters is 1. The molecular formula is C18H22N2O4. The largest absolute Gasteiger partial charge is 0.466 e. The van der Waals surface area contributed by atoms with Gasteiger partial charge >= 0.3 is 5.97 Å². The average molecular weight is 330 g/mol. The monoisotopic (exact) mass is 330 g/mol. The topological polar surface area (TPSA) is 75.7 Å². The highest BCUT2D eigenvalue weighted by atomic mass is 16.5. The minimum Gasteiger partial charge on any atom is -0.466 e. The van der Waals surface area contributed by atoms with E-state index in [1.165, 1.54) is 4.90 Å². The molecule has 6 heteroatoms. The van der Waals surface area contributed by atoms with Crippen molar-refractivity contribution in [2.24, 2.45) is 0 Å². The van der Waals surface area contributed by atoms with Crippen molar-refractivity contribution in [2.75, 3.05) is 27.2 Å². The zero-order valence-electron chi connectivity index (χ0n) is 14.2. The predicted octanol–water partition coefficient (Wildman–Crippen LogP) is 1.20. The molecule has 1 aromatic carbocycles. The van der Waals surface area contributed by atoms with Gasteiger partial charge < -0.3 is 15.0 Å². The highest BCUT2D eigenvalue weighted by Gasteiger charge is 2.07. The van der Waals surface area contributed by atoms with Crippen LogP contribution in [0.4, 0.5) is 0 Å². The van der Waals surface area contributed by atoms with Gasteiger partial charge in [-0.25, -0.2) is 0 Å². The molecule has 0 aliphatic rings. The summed E-state index contributed by atoms with van der Waals surface area (Å²) in [5.41, 5.74) is 1.35. The Morgan fingerprint density at radius 2 is 1.79 bits per heavy atom. The van der Waals surface area contributed by atoms with E-state index in [4.69, 9.17) is 4.74 Å². The highest BCUT2D eigenvalue weighted by molar-refractivity contribution is 5.93. The SMILES string of the molecule is CCOC(=O)CCC(=O)NCC#Cc1ccc(C(=O)N(C)C)cc1. The van der Waals surface area contributed by atoms with E-state index in [9.17, 15) is 14.4 Å². The maximum atomic E-state index is 11.8. The average Bonchev–Trinajstić information content (AvgIpc) is 2.57. The first kappa shape index (κ1) is 19.2. The first-order chi connectivity index (χ1) is 11.4. The van der Waals surface area contributed by atoms with E-state index in [0.717, 1.165) is 5.56 Å². The number of nitrogens with zero attached hydrogens (tertiary/aromatic N) is 1. The third-order valence-electron chi connectivity index (χ3n) is 3.01. The van der Waals surface area contributed by atoms with E-state index in [2.05, 4.69) is 17.2 Å². The maximum absolute atomic E-state index is 11.8. The van der Waals surface area contributed by atoms with Crippen LogP contribution in [0.15, 0.2) is 24.3 Å². The van der Waals surface area contributed by atoms with Crippen LogP contribution in [0.1, 0.15) is 35.7 Å². The number of carbonyl (C=O) groups excluding carboxylic acids is 3. The molecule has 0 bridgehead atoms. The third-order valence-corrected chi connectivity index (χ3v) is 3.01. The van der Waals surface area contributed by atoms with Crippen LogP contribution in [0.3, 0.4) is 0 Å². The minimum atomic E-state index is -0.383. The second-order valence-corrected chi connectivity index (χ2v) is 5.16. The molecule has 0 saturated carbocycles. The van der Waals surface area contributed by atoms with Gasteiger partial charge in [0, 0.05) is 31.6 Å². The van der Waals surface area contributed by atoms with Crippen LogP contribution in [0.5, 0.6) is 0 Å². The first-order valence-electron chi connectivity index (χ1n) is 7.67. The normalized spacial score (nSPS) is 9.46. The van der Waals surface area contributed by atoms with Crippen molar-refractivity contribution < 1.29 is 19.1 Å². The number of ether oxygens (including phenoxy) is 1. The van der Waals surface area contributed by atoms with Gasteiger partial charge in [-0.1, -0.05) is 11.8 Å². The fourth-order valence-corrected chi connectivity index (χ4v) is 1.78. The Kier molecular flexibility index (Phi) is 8.06. The third kappa shape index (κ3) is 6.97. The summed E-state index contributed by atoms with van der Waals surface area (Å²) in [7, 11) is 3.39. The number of amides is 2. The van der Waals surface area contributed by atoms with Crippen LogP contribution in [0, 0.1) is 11.8 Å². The van der Waals surface area contributed by atoms with Crippen molar-refractivity contribution in [1.82, 2.24) is 10.2 Å². The Bertz CT molecular complexity index is 639. The number of hydrogen-bond donors (Lipinski definition) is 1. The Morgan fingerprint density at radius 3 is 2.38 bits per heavy atom. The van der Waals surface area contributed by atoms with Crippen molar-refractivity contribution in [1.29, 1.82) is 0 Å².